The fourth-order valence-corrected chi connectivity index (χ4v) is 3.97. The van der Waals surface area contributed by atoms with Crippen LogP contribution in [0.4, 0.5) is 5.69 Å². The van der Waals surface area contributed by atoms with Gasteiger partial charge in [-0.25, -0.2) is 8.42 Å². The van der Waals surface area contributed by atoms with Gasteiger partial charge < -0.3 is 10.1 Å². The molecular weight excluding hydrogens is 470 g/mol. The Bertz CT molecular complexity index is 1110. The van der Waals surface area contributed by atoms with Crippen molar-refractivity contribution in [1.82, 2.24) is 9.29 Å². The van der Waals surface area contributed by atoms with E-state index in [0.29, 0.717) is 18.0 Å². The van der Waals surface area contributed by atoms with E-state index < -0.39 is 15.9 Å². The minimum absolute atomic E-state index is 0.117. The molecule has 0 bridgehead atoms. The maximum atomic E-state index is 12.6. The quantitative estimate of drug-likeness (QED) is 0.521. The number of ether oxygens (including phenoxy) is 1. The predicted molar refractivity (Wildman–Crippen MR) is 118 cm³/mol. The highest BCUT2D eigenvalue weighted by molar-refractivity contribution is 9.10. The molecule has 0 unspecified atom stereocenters. The predicted octanol–water partition coefficient (Wildman–Crippen LogP) is 3.68. The van der Waals surface area contributed by atoms with Crippen molar-refractivity contribution in [3.05, 3.63) is 83.1 Å². The molecule has 0 aliphatic heterocycles. The Kier molecular flexibility index (Phi) is 7.20. The molecule has 0 aliphatic rings. The van der Waals surface area contributed by atoms with E-state index in [2.05, 4.69) is 26.2 Å². The van der Waals surface area contributed by atoms with Crippen molar-refractivity contribution in [1.29, 1.82) is 0 Å². The number of carbonyl (C=O) groups is 1. The van der Waals surface area contributed by atoms with Crippen molar-refractivity contribution in [3.8, 4) is 5.75 Å². The molecule has 30 heavy (non-hydrogen) atoms. The number of sulfonamides is 1. The number of hydrogen-bond acceptors (Lipinski definition) is 5. The summed E-state index contributed by atoms with van der Waals surface area (Å²) in [6.45, 7) is -0.0240. The second-order valence-electron chi connectivity index (χ2n) is 6.40. The number of rotatable bonds is 8. The molecule has 0 atom stereocenters. The summed E-state index contributed by atoms with van der Waals surface area (Å²) in [5.74, 6) is 0.106. The van der Waals surface area contributed by atoms with Gasteiger partial charge in [-0.15, -0.1) is 0 Å². The summed E-state index contributed by atoms with van der Waals surface area (Å²) in [6.07, 6.45) is 1.69. The molecule has 1 N–H and O–H groups in total. The highest BCUT2D eigenvalue weighted by Crippen LogP contribution is 2.20. The normalized spacial score (nSPS) is 11.3. The third-order valence-corrected chi connectivity index (χ3v) is 6.47. The number of halogens is 1. The maximum absolute atomic E-state index is 12.6. The first-order valence-electron chi connectivity index (χ1n) is 8.99. The molecular formula is C21H20BrN3O4S. The summed E-state index contributed by atoms with van der Waals surface area (Å²) in [5, 5.41) is 2.70. The van der Waals surface area contributed by atoms with Crippen LogP contribution in [0.1, 0.15) is 5.69 Å². The summed E-state index contributed by atoms with van der Waals surface area (Å²) >= 11 is 3.27. The number of carbonyl (C=O) groups excluding carboxylic acids is 1. The minimum Gasteiger partial charge on any atom is -0.487 e. The Labute approximate surface area is 183 Å². The molecule has 2 aromatic carbocycles. The zero-order chi connectivity index (χ0) is 21.6. The van der Waals surface area contributed by atoms with Crippen LogP contribution >= 0.6 is 15.9 Å². The number of nitrogens with one attached hydrogen (secondary N) is 1. The third-order valence-electron chi connectivity index (χ3n) is 4.12. The van der Waals surface area contributed by atoms with Gasteiger partial charge in [0, 0.05) is 29.5 Å². The van der Waals surface area contributed by atoms with Gasteiger partial charge in [-0.05, 0) is 48.5 Å². The molecule has 0 radical (unpaired) electrons. The van der Waals surface area contributed by atoms with Gasteiger partial charge in [-0.2, -0.15) is 4.31 Å². The summed E-state index contributed by atoms with van der Waals surface area (Å²) in [7, 11) is -2.41. The molecule has 0 aliphatic carbocycles. The van der Waals surface area contributed by atoms with Crippen LogP contribution in [0, 0.1) is 0 Å². The van der Waals surface area contributed by atoms with E-state index in [0.717, 1.165) is 14.5 Å². The van der Waals surface area contributed by atoms with Crippen LogP contribution < -0.4 is 10.1 Å². The zero-order valence-corrected chi connectivity index (χ0v) is 18.6. The number of hydrogen-bond donors (Lipinski definition) is 1. The van der Waals surface area contributed by atoms with Crippen molar-refractivity contribution >= 4 is 37.5 Å². The van der Waals surface area contributed by atoms with Crippen molar-refractivity contribution in [3.63, 3.8) is 0 Å². The van der Waals surface area contributed by atoms with Crippen LogP contribution in [0.15, 0.2) is 82.3 Å². The Balaban J connectivity index is 1.59. The van der Waals surface area contributed by atoms with Crippen molar-refractivity contribution < 1.29 is 17.9 Å². The van der Waals surface area contributed by atoms with Crippen molar-refractivity contribution in [2.75, 3.05) is 18.9 Å². The van der Waals surface area contributed by atoms with Gasteiger partial charge in [-0.3, -0.25) is 9.78 Å². The second-order valence-corrected chi connectivity index (χ2v) is 9.36. The van der Waals surface area contributed by atoms with Crippen LogP contribution in [0.5, 0.6) is 5.75 Å². The van der Waals surface area contributed by atoms with E-state index >= 15 is 0 Å². The number of benzene rings is 2. The zero-order valence-electron chi connectivity index (χ0n) is 16.2. The largest absolute Gasteiger partial charge is 0.487 e. The van der Waals surface area contributed by atoms with E-state index in [-0.39, 0.29) is 11.4 Å². The van der Waals surface area contributed by atoms with Gasteiger partial charge in [0.1, 0.15) is 12.4 Å². The first-order valence-corrected chi connectivity index (χ1v) is 11.2. The van der Waals surface area contributed by atoms with Crippen LogP contribution in [0.25, 0.3) is 0 Å². The Morgan fingerprint density at radius 2 is 1.87 bits per heavy atom. The van der Waals surface area contributed by atoms with Crippen molar-refractivity contribution in [2.24, 2.45) is 0 Å². The molecule has 0 saturated heterocycles. The lowest BCUT2D eigenvalue weighted by Crippen LogP contribution is -2.34. The van der Waals surface area contributed by atoms with Crippen LogP contribution in [0.2, 0.25) is 0 Å². The molecule has 156 valence electrons. The standard InChI is InChI=1S/C21H20BrN3O4S/c1-25(30(27,28)20-10-8-16(22)9-11-20)14-21(26)24-17-6-4-7-19(13-17)29-15-18-5-2-3-12-23-18/h2-13H,14-15H2,1H3,(H,24,26). The highest BCUT2D eigenvalue weighted by Gasteiger charge is 2.23. The number of amides is 1. The van der Waals surface area contributed by atoms with Crippen LogP contribution in [-0.2, 0) is 21.4 Å². The smallest absolute Gasteiger partial charge is 0.243 e. The lowest BCUT2D eigenvalue weighted by atomic mass is 10.3. The molecule has 1 aromatic heterocycles. The highest BCUT2D eigenvalue weighted by atomic mass is 79.9. The van der Waals surface area contributed by atoms with Gasteiger partial charge in [-0.1, -0.05) is 28.1 Å². The Hall–Kier alpha value is -2.75. The number of likely N-dealkylation sites (N-methyl/N-ethyl adjacent to an activating group) is 1. The first kappa shape index (κ1) is 21.9. The topological polar surface area (TPSA) is 88.6 Å². The molecule has 3 aromatic rings. The van der Waals surface area contributed by atoms with Gasteiger partial charge in [0.05, 0.1) is 17.1 Å². The van der Waals surface area contributed by atoms with E-state index in [1.807, 2.05) is 18.2 Å². The molecule has 1 heterocycles. The van der Waals surface area contributed by atoms with Crippen LogP contribution in [0.3, 0.4) is 0 Å². The number of pyridine rings is 1. The van der Waals surface area contributed by atoms with Crippen LogP contribution in [-0.4, -0.2) is 37.2 Å². The fraction of sp³-hybridized carbons (Fsp3) is 0.143. The molecule has 0 spiro atoms. The summed E-state index contributed by atoms with van der Waals surface area (Å²) < 4.78 is 32.7. The molecule has 9 heteroatoms. The van der Waals surface area contributed by atoms with Gasteiger partial charge in [0.2, 0.25) is 15.9 Å². The second kappa shape index (κ2) is 9.84. The van der Waals surface area contributed by atoms with E-state index in [9.17, 15) is 13.2 Å². The van der Waals surface area contributed by atoms with Gasteiger partial charge in [0.15, 0.2) is 0 Å². The van der Waals surface area contributed by atoms with E-state index in [1.54, 1.807) is 42.6 Å². The fourth-order valence-electron chi connectivity index (χ4n) is 2.58. The summed E-state index contributed by atoms with van der Waals surface area (Å²) in [4.78, 5) is 16.7. The van der Waals surface area contributed by atoms with Gasteiger partial charge >= 0.3 is 0 Å². The van der Waals surface area contributed by atoms with Crippen molar-refractivity contribution in [2.45, 2.75) is 11.5 Å². The SMILES string of the molecule is CN(CC(=O)Nc1cccc(OCc2ccccn2)c1)S(=O)(=O)c1ccc(Br)cc1. The number of nitrogens with zero attached hydrogens (tertiary/aromatic N) is 2. The number of anilines is 1. The van der Waals surface area contributed by atoms with E-state index in [4.69, 9.17) is 4.74 Å². The minimum atomic E-state index is -3.77. The average Bonchev–Trinajstić information content (AvgIpc) is 2.73. The summed E-state index contributed by atoms with van der Waals surface area (Å²) in [6, 6.07) is 18.7. The lowest BCUT2D eigenvalue weighted by molar-refractivity contribution is -0.116. The molecule has 1 amide bonds. The van der Waals surface area contributed by atoms with Gasteiger partial charge in [0.25, 0.3) is 0 Å². The maximum Gasteiger partial charge on any atom is 0.243 e. The molecule has 0 saturated carbocycles. The summed E-state index contributed by atoms with van der Waals surface area (Å²) in [5.41, 5.74) is 1.29. The van der Waals surface area contributed by atoms with E-state index in [1.165, 1.54) is 19.2 Å². The molecule has 3 rings (SSSR count). The molecule has 7 nitrogen and oxygen atoms in total. The first-order chi connectivity index (χ1) is 14.3. The lowest BCUT2D eigenvalue weighted by Gasteiger charge is -2.17. The average molecular weight is 490 g/mol. The monoisotopic (exact) mass is 489 g/mol. The Morgan fingerprint density at radius 1 is 1.10 bits per heavy atom. The molecule has 0 fully saturated rings. The third kappa shape index (κ3) is 5.88. The Morgan fingerprint density at radius 3 is 2.57 bits per heavy atom. The number of aromatic nitrogens is 1.